The molecule has 0 spiro atoms. The zero-order valence-electron chi connectivity index (χ0n) is 19.7. The third-order valence-electron chi connectivity index (χ3n) is 6.33. The lowest BCUT2D eigenvalue weighted by Crippen LogP contribution is -2.50. The zero-order chi connectivity index (χ0) is 21.5. The molecule has 2 N–H and O–H groups in total. The van der Waals surface area contributed by atoms with E-state index in [1.165, 1.54) is 25.9 Å². The summed E-state index contributed by atoms with van der Waals surface area (Å²) in [6, 6.07) is 6.92. The van der Waals surface area contributed by atoms with Gasteiger partial charge in [0.05, 0.1) is 14.2 Å². The third kappa shape index (κ3) is 7.30. The number of hydrogen-bond donors (Lipinski definition) is 2. The van der Waals surface area contributed by atoms with Crippen molar-refractivity contribution in [2.24, 2.45) is 10.9 Å². The van der Waals surface area contributed by atoms with Gasteiger partial charge in [-0.05, 0) is 38.6 Å². The predicted molar refractivity (Wildman–Crippen MR) is 140 cm³/mol. The molecule has 0 radical (unpaired) electrons. The number of rotatable bonds is 7. The van der Waals surface area contributed by atoms with Crippen LogP contribution in [0.2, 0.25) is 0 Å². The summed E-state index contributed by atoms with van der Waals surface area (Å²) in [6.45, 7) is 9.92. The molecule has 2 aliphatic rings. The summed E-state index contributed by atoms with van der Waals surface area (Å²) in [6.07, 6.45) is 3.74. The maximum atomic E-state index is 5.42. The lowest BCUT2D eigenvalue weighted by Gasteiger charge is -2.35. The molecule has 31 heavy (non-hydrogen) atoms. The van der Waals surface area contributed by atoms with Gasteiger partial charge in [0.15, 0.2) is 5.96 Å². The van der Waals surface area contributed by atoms with E-state index in [1.54, 1.807) is 14.2 Å². The van der Waals surface area contributed by atoms with E-state index in [0.29, 0.717) is 12.1 Å². The molecule has 2 heterocycles. The molecule has 2 fully saturated rings. The van der Waals surface area contributed by atoms with Crippen molar-refractivity contribution >= 4 is 35.6 Å². The van der Waals surface area contributed by atoms with E-state index in [0.717, 1.165) is 55.1 Å². The molecule has 3 unspecified atom stereocenters. The summed E-state index contributed by atoms with van der Waals surface area (Å²) in [5.41, 5.74) is 1.13. The van der Waals surface area contributed by atoms with E-state index < -0.39 is 0 Å². The fourth-order valence-electron chi connectivity index (χ4n) is 4.48. The number of methoxy groups -OCH3 is 2. The standard InChI is InChI=1S/C23H39N5O2.HI/c1-17-7-6-9-27(15-17)18(2)14-25-23(24-3)26-19-8-10-28(16-19)20-11-21(29-4)13-22(12-20)30-5;/h11-13,17-19H,6-10,14-16H2,1-5H3,(H2,24,25,26);1H. The Morgan fingerprint density at radius 1 is 1.13 bits per heavy atom. The van der Waals surface area contributed by atoms with Gasteiger partial charge in [-0.2, -0.15) is 0 Å². The average Bonchev–Trinajstić information content (AvgIpc) is 3.24. The van der Waals surface area contributed by atoms with Crippen molar-refractivity contribution in [3.63, 3.8) is 0 Å². The van der Waals surface area contributed by atoms with Crippen LogP contribution >= 0.6 is 24.0 Å². The third-order valence-corrected chi connectivity index (χ3v) is 6.33. The molecule has 3 rings (SSSR count). The summed E-state index contributed by atoms with van der Waals surface area (Å²) >= 11 is 0. The van der Waals surface area contributed by atoms with Gasteiger partial charge >= 0.3 is 0 Å². The Labute approximate surface area is 205 Å². The van der Waals surface area contributed by atoms with Gasteiger partial charge in [-0.3, -0.25) is 9.89 Å². The van der Waals surface area contributed by atoms with E-state index in [2.05, 4.69) is 51.4 Å². The van der Waals surface area contributed by atoms with Gasteiger partial charge in [0.25, 0.3) is 0 Å². The highest BCUT2D eigenvalue weighted by atomic mass is 127. The minimum absolute atomic E-state index is 0. The number of nitrogens with one attached hydrogen (secondary N) is 2. The van der Waals surface area contributed by atoms with Crippen molar-refractivity contribution in [1.29, 1.82) is 0 Å². The summed E-state index contributed by atoms with van der Waals surface area (Å²) in [5, 5.41) is 7.14. The number of guanidine groups is 1. The number of nitrogens with zero attached hydrogens (tertiary/aromatic N) is 3. The molecule has 8 heteroatoms. The Hall–Kier alpha value is -1.42. The van der Waals surface area contributed by atoms with Gasteiger partial charge in [0.1, 0.15) is 11.5 Å². The molecule has 1 aromatic carbocycles. The molecule has 176 valence electrons. The Morgan fingerprint density at radius 2 is 1.84 bits per heavy atom. The lowest BCUT2D eigenvalue weighted by atomic mass is 9.99. The number of ether oxygens (including phenoxy) is 2. The zero-order valence-corrected chi connectivity index (χ0v) is 22.0. The van der Waals surface area contributed by atoms with Gasteiger partial charge < -0.3 is 25.0 Å². The molecule has 0 aromatic heterocycles. The van der Waals surface area contributed by atoms with E-state index >= 15 is 0 Å². The molecule has 3 atom stereocenters. The van der Waals surface area contributed by atoms with Crippen LogP contribution in [0, 0.1) is 5.92 Å². The Bertz CT molecular complexity index is 695. The van der Waals surface area contributed by atoms with Gasteiger partial charge in [0.2, 0.25) is 0 Å². The van der Waals surface area contributed by atoms with Crippen LogP contribution in [0.4, 0.5) is 5.69 Å². The van der Waals surface area contributed by atoms with Crippen molar-refractivity contribution in [3.8, 4) is 11.5 Å². The average molecular weight is 546 g/mol. The van der Waals surface area contributed by atoms with Crippen LogP contribution in [0.3, 0.4) is 0 Å². The number of halogens is 1. The van der Waals surface area contributed by atoms with Crippen molar-refractivity contribution in [2.45, 2.75) is 45.2 Å². The van der Waals surface area contributed by atoms with Gasteiger partial charge in [-0.15, -0.1) is 24.0 Å². The minimum Gasteiger partial charge on any atom is -0.497 e. The normalized spacial score (nSPS) is 23.1. The van der Waals surface area contributed by atoms with Crippen LogP contribution < -0.4 is 25.0 Å². The molecule has 0 saturated carbocycles. The summed E-state index contributed by atoms with van der Waals surface area (Å²) < 4.78 is 10.8. The second-order valence-corrected chi connectivity index (χ2v) is 8.69. The first-order valence-electron chi connectivity index (χ1n) is 11.2. The second-order valence-electron chi connectivity index (χ2n) is 8.69. The van der Waals surface area contributed by atoms with Gasteiger partial charge in [0, 0.05) is 69.2 Å². The maximum absolute atomic E-state index is 5.42. The number of piperidine rings is 1. The highest BCUT2D eigenvalue weighted by molar-refractivity contribution is 14.0. The molecule has 0 amide bonds. The predicted octanol–water partition coefficient (Wildman–Crippen LogP) is 3.19. The minimum atomic E-state index is 0. The van der Waals surface area contributed by atoms with E-state index in [-0.39, 0.29) is 24.0 Å². The van der Waals surface area contributed by atoms with Crippen molar-refractivity contribution < 1.29 is 9.47 Å². The van der Waals surface area contributed by atoms with Crippen LogP contribution in [0.25, 0.3) is 0 Å². The van der Waals surface area contributed by atoms with Crippen LogP contribution in [0.15, 0.2) is 23.2 Å². The molecule has 2 saturated heterocycles. The number of aliphatic imine (C=N–C) groups is 1. The van der Waals surface area contributed by atoms with Crippen molar-refractivity contribution in [2.75, 3.05) is 58.9 Å². The molecule has 0 aliphatic carbocycles. The number of hydrogen-bond acceptors (Lipinski definition) is 5. The molecular weight excluding hydrogens is 505 g/mol. The molecule has 2 aliphatic heterocycles. The van der Waals surface area contributed by atoms with E-state index in [4.69, 9.17) is 9.47 Å². The Morgan fingerprint density at radius 3 is 2.45 bits per heavy atom. The Kier molecular flexibility index (Phi) is 10.5. The van der Waals surface area contributed by atoms with Crippen molar-refractivity contribution in [1.82, 2.24) is 15.5 Å². The monoisotopic (exact) mass is 545 g/mol. The van der Waals surface area contributed by atoms with Crippen LogP contribution in [0.5, 0.6) is 11.5 Å². The largest absolute Gasteiger partial charge is 0.497 e. The quantitative estimate of drug-likeness (QED) is 0.312. The molecule has 1 aromatic rings. The fourth-order valence-corrected chi connectivity index (χ4v) is 4.48. The maximum Gasteiger partial charge on any atom is 0.191 e. The Balaban J connectivity index is 0.00000341. The summed E-state index contributed by atoms with van der Waals surface area (Å²) in [7, 11) is 5.23. The topological polar surface area (TPSA) is 61.4 Å². The van der Waals surface area contributed by atoms with Gasteiger partial charge in [-0.1, -0.05) is 6.92 Å². The van der Waals surface area contributed by atoms with E-state index in [9.17, 15) is 0 Å². The second kappa shape index (κ2) is 12.6. The van der Waals surface area contributed by atoms with Crippen molar-refractivity contribution in [3.05, 3.63) is 18.2 Å². The number of anilines is 1. The first-order chi connectivity index (χ1) is 14.5. The summed E-state index contributed by atoms with van der Waals surface area (Å²) in [4.78, 5) is 9.42. The fraction of sp³-hybridized carbons (Fsp3) is 0.696. The van der Waals surface area contributed by atoms with Crippen LogP contribution in [0.1, 0.15) is 33.1 Å². The number of likely N-dealkylation sites (tertiary alicyclic amines) is 1. The number of benzene rings is 1. The highest BCUT2D eigenvalue weighted by Crippen LogP contribution is 2.30. The SMILES string of the molecule is CN=C(NCC(C)N1CCCC(C)C1)NC1CCN(c2cc(OC)cc(OC)c2)C1.I. The highest BCUT2D eigenvalue weighted by Gasteiger charge is 2.25. The first kappa shape index (κ1) is 25.8. The van der Waals surface area contributed by atoms with Crippen LogP contribution in [-0.2, 0) is 0 Å². The molecule has 7 nitrogen and oxygen atoms in total. The van der Waals surface area contributed by atoms with Crippen LogP contribution in [-0.4, -0.2) is 76.9 Å². The first-order valence-corrected chi connectivity index (χ1v) is 11.2. The smallest absolute Gasteiger partial charge is 0.191 e. The molecule has 0 bridgehead atoms. The lowest BCUT2D eigenvalue weighted by molar-refractivity contribution is 0.139. The van der Waals surface area contributed by atoms with E-state index in [1.807, 2.05) is 13.1 Å². The van der Waals surface area contributed by atoms with Gasteiger partial charge in [-0.25, -0.2) is 0 Å². The molecular formula is C23H40IN5O2. The summed E-state index contributed by atoms with van der Waals surface area (Å²) in [5.74, 6) is 3.33.